The molecule has 0 spiro atoms. The number of thioether (sulfide) groups is 1. The Labute approximate surface area is 173 Å². The highest BCUT2D eigenvalue weighted by Gasteiger charge is 2.20. The third kappa shape index (κ3) is 3.18. The van der Waals surface area contributed by atoms with Crippen molar-refractivity contribution in [1.29, 1.82) is 0 Å². The molecule has 7 nitrogen and oxygen atoms in total. The summed E-state index contributed by atoms with van der Waals surface area (Å²) in [6.45, 7) is 0. The van der Waals surface area contributed by atoms with Crippen molar-refractivity contribution in [1.82, 2.24) is 20.7 Å². The van der Waals surface area contributed by atoms with Gasteiger partial charge in [0.25, 0.3) is 5.91 Å². The number of nitrogens with one attached hydrogen (secondary N) is 3. The Hall–Kier alpha value is -3.72. The van der Waals surface area contributed by atoms with Gasteiger partial charge in [-0.05, 0) is 24.3 Å². The SMILES string of the molecule is O=C1CS/C(=N\NC(=O)c2cc3c([nH]c4ccccc43)c(-c3ccccc3F)n2)N1. The lowest BCUT2D eigenvalue weighted by atomic mass is 10.1. The van der Waals surface area contributed by atoms with Crippen molar-refractivity contribution >= 4 is 50.5 Å². The number of H-pyrrole nitrogens is 1. The van der Waals surface area contributed by atoms with Crippen molar-refractivity contribution in [2.24, 2.45) is 5.10 Å². The number of aromatic amines is 1. The number of benzene rings is 2. The summed E-state index contributed by atoms with van der Waals surface area (Å²) < 4.78 is 14.6. The van der Waals surface area contributed by atoms with Crippen LogP contribution in [0.5, 0.6) is 0 Å². The Morgan fingerprint density at radius 3 is 2.73 bits per heavy atom. The van der Waals surface area contributed by atoms with Crippen LogP contribution >= 0.6 is 11.8 Å². The van der Waals surface area contributed by atoms with Crippen LogP contribution in [-0.4, -0.2) is 32.7 Å². The number of hydrazone groups is 1. The fourth-order valence-electron chi connectivity index (χ4n) is 3.35. The van der Waals surface area contributed by atoms with Gasteiger partial charge in [-0.1, -0.05) is 42.1 Å². The molecule has 0 atom stereocenters. The van der Waals surface area contributed by atoms with E-state index in [0.29, 0.717) is 16.4 Å². The van der Waals surface area contributed by atoms with Crippen LogP contribution in [-0.2, 0) is 4.79 Å². The van der Waals surface area contributed by atoms with Gasteiger partial charge in [0.1, 0.15) is 11.5 Å². The number of carbonyl (C=O) groups is 2. The number of nitrogens with zero attached hydrogens (tertiary/aromatic N) is 2. The Morgan fingerprint density at radius 1 is 1.13 bits per heavy atom. The standard InChI is InChI=1S/C21H14FN5O2S/c22-14-7-3-1-6-12(14)18-19-13(11-5-2-4-8-15(11)23-19)9-16(24-18)20(29)26-27-21-25-17(28)10-30-21/h1-9,23H,10H2,(H,26,29)(H,25,27,28). The minimum absolute atomic E-state index is 0.0872. The van der Waals surface area contributed by atoms with E-state index in [1.165, 1.54) is 17.8 Å². The van der Waals surface area contributed by atoms with E-state index in [9.17, 15) is 14.0 Å². The van der Waals surface area contributed by atoms with Gasteiger partial charge in [0, 0.05) is 21.9 Å². The van der Waals surface area contributed by atoms with Crippen molar-refractivity contribution in [2.75, 3.05) is 5.75 Å². The molecule has 2 amide bonds. The Morgan fingerprint density at radius 2 is 1.93 bits per heavy atom. The van der Waals surface area contributed by atoms with Crippen LogP contribution < -0.4 is 10.7 Å². The Balaban J connectivity index is 1.65. The van der Waals surface area contributed by atoms with E-state index >= 15 is 0 Å². The summed E-state index contributed by atoms with van der Waals surface area (Å²) in [5, 5.41) is 8.43. The molecule has 0 saturated carbocycles. The Bertz CT molecular complexity index is 1360. The maximum Gasteiger partial charge on any atom is 0.290 e. The van der Waals surface area contributed by atoms with E-state index < -0.39 is 11.7 Å². The molecule has 0 radical (unpaired) electrons. The number of hydrogen-bond acceptors (Lipinski definition) is 5. The minimum Gasteiger partial charge on any atom is -0.353 e. The van der Waals surface area contributed by atoms with Crippen LogP contribution in [0.15, 0.2) is 59.7 Å². The molecule has 3 N–H and O–H groups in total. The number of rotatable bonds is 3. The van der Waals surface area contributed by atoms with Gasteiger partial charge in [0.05, 0.1) is 17.0 Å². The molecule has 1 aliphatic heterocycles. The highest BCUT2D eigenvalue weighted by molar-refractivity contribution is 8.15. The third-order valence-electron chi connectivity index (χ3n) is 4.70. The highest BCUT2D eigenvalue weighted by Crippen LogP contribution is 2.33. The number of halogens is 1. The zero-order valence-corrected chi connectivity index (χ0v) is 16.2. The number of carbonyl (C=O) groups excluding carboxylic acids is 2. The van der Waals surface area contributed by atoms with Crippen LogP contribution in [0.25, 0.3) is 33.1 Å². The van der Waals surface area contributed by atoms with Gasteiger partial charge in [-0.15, -0.1) is 5.10 Å². The van der Waals surface area contributed by atoms with Gasteiger partial charge in [-0.2, -0.15) is 0 Å². The first-order chi connectivity index (χ1) is 14.6. The highest BCUT2D eigenvalue weighted by atomic mass is 32.2. The first-order valence-electron chi connectivity index (χ1n) is 9.07. The molecule has 0 aliphatic carbocycles. The van der Waals surface area contributed by atoms with Gasteiger partial charge in [-0.25, -0.2) is 14.8 Å². The van der Waals surface area contributed by atoms with Crippen molar-refractivity contribution in [3.8, 4) is 11.3 Å². The predicted octanol–water partition coefficient (Wildman–Crippen LogP) is 3.39. The molecule has 1 aliphatic rings. The van der Waals surface area contributed by atoms with E-state index in [2.05, 4.69) is 25.8 Å². The van der Waals surface area contributed by atoms with Gasteiger partial charge < -0.3 is 10.3 Å². The molecule has 4 aromatic rings. The molecule has 2 aromatic carbocycles. The summed E-state index contributed by atoms with van der Waals surface area (Å²) in [5.74, 6) is -0.916. The number of amides is 2. The lowest BCUT2D eigenvalue weighted by molar-refractivity contribution is -0.116. The summed E-state index contributed by atoms with van der Waals surface area (Å²) >= 11 is 1.20. The van der Waals surface area contributed by atoms with Crippen molar-refractivity contribution in [3.05, 3.63) is 66.1 Å². The van der Waals surface area contributed by atoms with E-state index in [1.807, 2.05) is 24.3 Å². The fourth-order valence-corrected chi connectivity index (χ4v) is 3.99. The zero-order chi connectivity index (χ0) is 20.7. The second-order valence-electron chi connectivity index (χ2n) is 6.62. The van der Waals surface area contributed by atoms with Crippen LogP contribution in [0.3, 0.4) is 0 Å². The maximum atomic E-state index is 14.6. The lowest BCUT2D eigenvalue weighted by Gasteiger charge is -2.08. The molecule has 9 heteroatoms. The van der Waals surface area contributed by atoms with Gasteiger partial charge in [0.2, 0.25) is 5.91 Å². The number of pyridine rings is 1. The quantitative estimate of drug-likeness (QED) is 0.443. The maximum absolute atomic E-state index is 14.6. The largest absolute Gasteiger partial charge is 0.353 e. The zero-order valence-electron chi connectivity index (χ0n) is 15.4. The van der Waals surface area contributed by atoms with E-state index in [0.717, 1.165) is 16.3 Å². The molecule has 0 unspecified atom stereocenters. The smallest absolute Gasteiger partial charge is 0.290 e. The summed E-state index contributed by atoms with van der Waals surface area (Å²) in [6.07, 6.45) is 0. The number of fused-ring (bicyclic) bond motifs is 3. The first-order valence-corrected chi connectivity index (χ1v) is 10.1. The van der Waals surface area contributed by atoms with Crippen LogP contribution in [0.4, 0.5) is 4.39 Å². The average Bonchev–Trinajstić information content (AvgIpc) is 3.35. The van der Waals surface area contributed by atoms with Crippen LogP contribution in [0.1, 0.15) is 10.5 Å². The molecule has 1 saturated heterocycles. The van der Waals surface area contributed by atoms with Crippen molar-refractivity contribution < 1.29 is 14.0 Å². The van der Waals surface area contributed by atoms with E-state index in [4.69, 9.17) is 0 Å². The summed E-state index contributed by atoms with van der Waals surface area (Å²) in [4.78, 5) is 31.7. The molecule has 0 bridgehead atoms. The molecule has 30 heavy (non-hydrogen) atoms. The fraction of sp³-hybridized carbons (Fsp3) is 0.0476. The molecule has 3 heterocycles. The van der Waals surface area contributed by atoms with Gasteiger partial charge in [-0.3, -0.25) is 9.59 Å². The Kier molecular flexibility index (Phi) is 4.44. The summed E-state index contributed by atoms with van der Waals surface area (Å²) in [5.41, 5.74) is 4.61. The molecular formula is C21H14FN5O2S. The van der Waals surface area contributed by atoms with E-state index in [1.54, 1.807) is 24.3 Å². The van der Waals surface area contributed by atoms with Gasteiger partial charge >= 0.3 is 0 Å². The van der Waals surface area contributed by atoms with Crippen LogP contribution in [0.2, 0.25) is 0 Å². The van der Waals surface area contributed by atoms with Crippen molar-refractivity contribution in [3.63, 3.8) is 0 Å². The second-order valence-corrected chi connectivity index (χ2v) is 7.59. The summed E-state index contributed by atoms with van der Waals surface area (Å²) in [7, 11) is 0. The minimum atomic E-state index is -0.561. The monoisotopic (exact) mass is 419 g/mol. The third-order valence-corrected chi connectivity index (χ3v) is 5.58. The average molecular weight is 419 g/mol. The molecule has 1 fully saturated rings. The summed E-state index contributed by atoms with van der Waals surface area (Å²) in [6, 6.07) is 15.6. The lowest BCUT2D eigenvalue weighted by Crippen LogP contribution is -2.25. The number of amidine groups is 1. The molecule has 148 valence electrons. The topological polar surface area (TPSA) is 99.2 Å². The van der Waals surface area contributed by atoms with Crippen molar-refractivity contribution in [2.45, 2.75) is 0 Å². The van der Waals surface area contributed by atoms with E-state index in [-0.39, 0.29) is 22.9 Å². The number of hydrogen-bond donors (Lipinski definition) is 3. The van der Waals surface area contributed by atoms with Gasteiger partial charge in [0.15, 0.2) is 5.17 Å². The van der Waals surface area contributed by atoms with Crippen LogP contribution in [0, 0.1) is 5.82 Å². The first kappa shape index (κ1) is 18.3. The number of para-hydroxylation sites is 1. The normalized spacial score (nSPS) is 15.1. The molecular weight excluding hydrogens is 405 g/mol. The molecule has 5 rings (SSSR count). The second kappa shape index (κ2) is 7.27. The predicted molar refractivity (Wildman–Crippen MR) is 114 cm³/mol. The number of aromatic nitrogens is 2. The molecule has 2 aromatic heterocycles.